The van der Waals surface area contributed by atoms with Gasteiger partial charge in [0.25, 0.3) is 5.89 Å². The summed E-state index contributed by atoms with van der Waals surface area (Å²) in [6, 6.07) is 16.0. The summed E-state index contributed by atoms with van der Waals surface area (Å²) in [6.07, 6.45) is 1.38. The second-order valence-electron chi connectivity index (χ2n) is 5.64. The molecule has 1 aromatic heterocycles. The zero-order chi connectivity index (χ0) is 19.3. The Bertz CT molecular complexity index is 1030. The van der Waals surface area contributed by atoms with E-state index in [9.17, 15) is 13.2 Å². The monoisotopic (exact) mass is 403 g/mol. The number of hydrogen-bond acceptors (Lipinski definition) is 7. The van der Waals surface area contributed by atoms with Gasteiger partial charge in [0.2, 0.25) is 5.91 Å². The van der Waals surface area contributed by atoms with Gasteiger partial charge in [-0.1, -0.05) is 35.4 Å². The van der Waals surface area contributed by atoms with Crippen LogP contribution in [0.15, 0.2) is 68.8 Å². The molecule has 1 N–H and O–H groups in total. The molecule has 0 aliphatic carbocycles. The van der Waals surface area contributed by atoms with Crippen LogP contribution in [0.3, 0.4) is 0 Å². The number of hydrogen-bond donors (Lipinski definition) is 1. The molecule has 140 valence electrons. The molecule has 0 aliphatic heterocycles. The van der Waals surface area contributed by atoms with E-state index in [0.29, 0.717) is 11.3 Å². The molecule has 0 spiro atoms. The molecule has 0 saturated heterocycles. The highest BCUT2D eigenvalue weighted by Gasteiger charge is 2.19. The Kier molecular flexibility index (Phi) is 5.92. The standard InChI is InChI=1S/C18H17N3O4S2/c1-27(23,24)15-10-6-5-9-14(15)17-20-21-18(25-17)19-16(22)11-12-26-13-7-3-2-4-8-13/h2-10H,11-12H2,1H3,(H,19,21,22). The number of aromatic nitrogens is 2. The normalized spacial score (nSPS) is 11.3. The Morgan fingerprint density at radius 2 is 1.78 bits per heavy atom. The first-order valence-corrected chi connectivity index (χ1v) is 10.9. The van der Waals surface area contributed by atoms with Crippen LogP contribution in [0.5, 0.6) is 0 Å². The number of amides is 1. The lowest BCUT2D eigenvalue weighted by Gasteiger charge is -2.03. The fourth-order valence-electron chi connectivity index (χ4n) is 2.31. The number of benzene rings is 2. The van der Waals surface area contributed by atoms with Crippen LogP contribution in [0.4, 0.5) is 6.01 Å². The maximum atomic E-state index is 12.0. The fraction of sp³-hybridized carbons (Fsp3) is 0.167. The number of rotatable bonds is 7. The molecule has 0 saturated carbocycles. The first-order chi connectivity index (χ1) is 12.9. The highest BCUT2D eigenvalue weighted by Crippen LogP contribution is 2.27. The lowest BCUT2D eigenvalue weighted by atomic mass is 10.2. The number of nitrogens with zero attached hydrogens (tertiary/aromatic N) is 2. The molecule has 27 heavy (non-hydrogen) atoms. The average Bonchev–Trinajstić information content (AvgIpc) is 3.10. The second kappa shape index (κ2) is 8.36. The summed E-state index contributed by atoms with van der Waals surface area (Å²) in [6.45, 7) is 0. The van der Waals surface area contributed by atoms with Crippen molar-refractivity contribution in [2.24, 2.45) is 0 Å². The largest absolute Gasteiger partial charge is 0.403 e. The molecule has 0 bridgehead atoms. The molecule has 0 atom stereocenters. The molecule has 3 aromatic rings. The fourth-order valence-corrected chi connectivity index (χ4v) is 4.06. The molecule has 0 fully saturated rings. The van der Waals surface area contributed by atoms with Gasteiger partial charge in [-0.2, -0.15) is 0 Å². The van der Waals surface area contributed by atoms with Crippen molar-refractivity contribution in [1.82, 2.24) is 10.2 Å². The van der Waals surface area contributed by atoms with E-state index < -0.39 is 9.84 Å². The molecule has 1 heterocycles. The first kappa shape index (κ1) is 19.1. The minimum absolute atomic E-state index is 0.0324. The molecule has 1 amide bonds. The molecular weight excluding hydrogens is 386 g/mol. The van der Waals surface area contributed by atoms with Crippen molar-refractivity contribution >= 4 is 33.5 Å². The van der Waals surface area contributed by atoms with Gasteiger partial charge < -0.3 is 4.42 Å². The van der Waals surface area contributed by atoms with Gasteiger partial charge in [-0.3, -0.25) is 10.1 Å². The molecular formula is C18H17N3O4S2. The van der Waals surface area contributed by atoms with Crippen molar-refractivity contribution in [2.45, 2.75) is 16.2 Å². The van der Waals surface area contributed by atoms with Gasteiger partial charge in [-0.25, -0.2) is 8.42 Å². The Labute approximate surface area is 161 Å². The predicted octanol–water partition coefficient (Wildman–Crippen LogP) is 3.26. The van der Waals surface area contributed by atoms with Crippen molar-refractivity contribution in [3.8, 4) is 11.5 Å². The Morgan fingerprint density at radius 1 is 1.07 bits per heavy atom. The molecule has 2 aromatic carbocycles. The van der Waals surface area contributed by atoms with Gasteiger partial charge in [-0.15, -0.1) is 16.9 Å². The summed E-state index contributed by atoms with van der Waals surface area (Å²) < 4.78 is 29.2. The van der Waals surface area contributed by atoms with E-state index in [1.54, 1.807) is 30.0 Å². The van der Waals surface area contributed by atoms with E-state index >= 15 is 0 Å². The summed E-state index contributed by atoms with van der Waals surface area (Å²) in [7, 11) is -3.45. The molecule has 0 unspecified atom stereocenters. The lowest BCUT2D eigenvalue weighted by molar-refractivity contribution is -0.115. The third-order valence-electron chi connectivity index (χ3n) is 3.53. The molecule has 9 heteroatoms. The second-order valence-corrected chi connectivity index (χ2v) is 8.79. The van der Waals surface area contributed by atoms with E-state index in [2.05, 4.69) is 15.5 Å². The minimum Gasteiger partial charge on any atom is -0.403 e. The number of carbonyl (C=O) groups excluding carboxylic acids is 1. The van der Waals surface area contributed by atoms with Crippen molar-refractivity contribution in [1.29, 1.82) is 0 Å². The third-order valence-corrected chi connectivity index (χ3v) is 5.70. The van der Waals surface area contributed by atoms with Crippen LogP contribution in [0, 0.1) is 0 Å². The predicted molar refractivity (Wildman–Crippen MR) is 103 cm³/mol. The Hall–Kier alpha value is -2.65. The molecule has 7 nitrogen and oxygen atoms in total. The highest BCUT2D eigenvalue weighted by atomic mass is 32.2. The topological polar surface area (TPSA) is 102 Å². The van der Waals surface area contributed by atoms with Gasteiger partial charge in [0.05, 0.1) is 10.5 Å². The Balaban J connectivity index is 1.62. The van der Waals surface area contributed by atoms with Gasteiger partial charge in [-0.05, 0) is 24.3 Å². The van der Waals surface area contributed by atoms with Crippen LogP contribution in [0.1, 0.15) is 6.42 Å². The maximum absolute atomic E-state index is 12.0. The third kappa shape index (κ3) is 5.18. The van der Waals surface area contributed by atoms with Crippen molar-refractivity contribution in [3.05, 3.63) is 54.6 Å². The lowest BCUT2D eigenvalue weighted by Crippen LogP contribution is -2.12. The van der Waals surface area contributed by atoms with E-state index in [-0.39, 0.29) is 29.1 Å². The summed E-state index contributed by atoms with van der Waals surface area (Å²) in [5, 5.41) is 10.1. The van der Waals surface area contributed by atoms with Crippen LogP contribution >= 0.6 is 11.8 Å². The van der Waals surface area contributed by atoms with Crippen molar-refractivity contribution < 1.29 is 17.6 Å². The van der Waals surface area contributed by atoms with E-state index in [0.717, 1.165) is 11.2 Å². The van der Waals surface area contributed by atoms with E-state index in [1.165, 1.54) is 6.07 Å². The van der Waals surface area contributed by atoms with Crippen LogP contribution in [-0.4, -0.2) is 36.5 Å². The summed E-state index contributed by atoms with van der Waals surface area (Å²) in [5.41, 5.74) is 0.299. The zero-order valence-corrected chi connectivity index (χ0v) is 16.1. The molecule has 0 aliphatic rings. The van der Waals surface area contributed by atoms with Crippen molar-refractivity contribution in [2.75, 3.05) is 17.3 Å². The van der Waals surface area contributed by atoms with Gasteiger partial charge in [0.15, 0.2) is 9.84 Å². The number of nitrogens with one attached hydrogen (secondary N) is 1. The number of carbonyl (C=O) groups is 1. The van der Waals surface area contributed by atoms with Gasteiger partial charge >= 0.3 is 6.01 Å². The summed E-state index contributed by atoms with van der Waals surface area (Å²) in [5.74, 6) is 0.378. The van der Waals surface area contributed by atoms with Crippen LogP contribution in [0.25, 0.3) is 11.5 Å². The van der Waals surface area contributed by atoms with Gasteiger partial charge in [0, 0.05) is 23.3 Å². The number of thioether (sulfide) groups is 1. The summed E-state index contributed by atoms with van der Waals surface area (Å²) >= 11 is 1.57. The summed E-state index contributed by atoms with van der Waals surface area (Å²) in [4.78, 5) is 13.2. The zero-order valence-electron chi connectivity index (χ0n) is 14.5. The van der Waals surface area contributed by atoms with Crippen LogP contribution in [-0.2, 0) is 14.6 Å². The van der Waals surface area contributed by atoms with Crippen LogP contribution < -0.4 is 5.32 Å². The first-order valence-electron chi connectivity index (χ1n) is 8.04. The van der Waals surface area contributed by atoms with Crippen molar-refractivity contribution in [3.63, 3.8) is 0 Å². The van der Waals surface area contributed by atoms with Crippen LogP contribution in [0.2, 0.25) is 0 Å². The van der Waals surface area contributed by atoms with E-state index in [4.69, 9.17) is 4.42 Å². The maximum Gasteiger partial charge on any atom is 0.322 e. The minimum atomic E-state index is -3.45. The number of anilines is 1. The Morgan fingerprint density at radius 3 is 2.52 bits per heavy atom. The molecule has 3 rings (SSSR count). The molecule has 0 radical (unpaired) electrons. The quantitative estimate of drug-likeness (QED) is 0.604. The van der Waals surface area contributed by atoms with Gasteiger partial charge in [0.1, 0.15) is 0 Å². The number of sulfone groups is 1. The SMILES string of the molecule is CS(=O)(=O)c1ccccc1-c1nnc(NC(=O)CCSc2ccccc2)o1. The van der Waals surface area contributed by atoms with E-state index in [1.807, 2.05) is 30.3 Å². The average molecular weight is 403 g/mol. The highest BCUT2D eigenvalue weighted by molar-refractivity contribution is 7.99. The smallest absolute Gasteiger partial charge is 0.322 e.